The number of ether oxygens (including phenoxy) is 2. The van der Waals surface area contributed by atoms with E-state index in [-0.39, 0.29) is 23.5 Å². The lowest BCUT2D eigenvalue weighted by Gasteiger charge is -2.34. The molecule has 1 amide bonds. The van der Waals surface area contributed by atoms with Crippen LogP contribution >= 0.6 is 11.8 Å². The fraction of sp³-hybridized carbons (Fsp3) is 0.333. The van der Waals surface area contributed by atoms with Gasteiger partial charge in [0.2, 0.25) is 0 Å². The quantitative estimate of drug-likeness (QED) is 0.223. The van der Waals surface area contributed by atoms with Crippen molar-refractivity contribution in [1.29, 1.82) is 0 Å². The lowest BCUT2D eigenvalue weighted by Crippen LogP contribution is -2.47. The van der Waals surface area contributed by atoms with Gasteiger partial charge in [0, 0.05) is 38.3 Å². The van der Waals surface area contributed by atoms with Crippen LogP contribution in [0.4, 0.5) is 26.3 Å². The first-order chi connectivity index (χ1) is 18.9. The van der Waals surface area contributed by atoms with Gasteiger partial charge in [0.05, 0.1) is 23.1 Å². The predicted molar refractivity (Wildman–Crippen MR) is 140 cm³/mol. The lowest BCUT2D eigenvalue weighted by atomic mass is 10.0. The van der Waals surface area contributed by atoms with Crippen LogP contribution in [0.1, 0.15) is 22.3 Å². The van der Waals surface area contributed by atoms with E-state index in [4.69, 9.17) is 9.47 Å². The van der Waals surface area contributed by atoms with Gasteiger partial charge in [0.1, 0.15) is 6.61 Å². The van der Waals surface area contributed by atoms with Crippen molar-refractivity contribution in [3.63, 3.8) is 0 Å². The zero-order valence-corrected chi connectivity index (χ0v) is 22.1. The van der Waals surface area contributed by atoms with Gasteiger partial charge in [-0.25, -0.2) is 0 Å². The maximum Gasteiger partial charge on any atom is 0.416 e. The Morgan fingerprint density at radius 1 is 1.00 bits per heavy atom. The van der Waals surface area contributed by atoms with E-state index in [1.54, 1.807) is 18.2 Å². The van der Waals surface area contributed by atoms with Gasteiger partial charge in [-0.05, 0) is 47.7 Å². The number of amides is 1. The van der Waals surface area contributed by atoms with Crippen LogP contribution in [0.5, 0.6) is 11.5 Å². The third-order valence-corrected chi connectivity index (χ3v) is 7.29. The van der Waals surface area contributed by atoms with E-state index >= 15 is 0 Å². The normalized spacial score (nSPS) is 17.8. The number of aliphatic imine (C=N–C) groups is 1. The molecule has 2 aliphatic heterocycles. The molecule has 0 unspecified atom stereocenters. The summed E-state index contributed by atoms with van der Waals surface area (Å²) in [5, 5.41) is 0.624. The zero-order chi connectivity index (χ0) is 29.1. The molecular weight excluding hydrogens is 560 g/mol. The van der Waals surface area contributed by atoms with Crippen LogP contribution < -0.4 is 9.47 Å². The molecule has 0 saturated carbocycles. The molecule has 0 aliphatic carbocycles. The summed E-state index contributed by atoms with van der Waals surface area (Å²) in [5.74, 6) is -0.128. The molecule has 2 aromatic carbocycles. The molecule has 1 fully saturated rings. The molecule has 0 radical (unpaired) electrons. The third-order valence-electron chi connectivity index (χ3n) is 6.25. The number of hydrogen-bond acceptors (Lipinski definition) is 6. The molecular formula is C27H25F6N3O3S. The second kappa shape index (κ2) is 12.0. The smallest absolute Gasteiger partial charge is 0.416 e. The number of alkyl halides is 6. The van der Waals surface area contributed by atoms with E-state index in [1.165, 1.54) is 24.9 Å². The Morgan fingerprint density at radius 3 is 2.35 bits per heavy atom. The highest BCUT2D eigenvalue weighted by atomic mass is 32.2. The first-order valence-corrected chi connectivity index (χ1v) is 12.9. The molecule has 40 heavy (non-hydrogen) atoms. The van der Waals surface area contributed by atoms with Crippen molar-refractivity contribution in [2.24, 2.45) is 4.99 Å². The molecule has 1 saturated heterocycles. The highest BCUT2D eigenvalue weighted by Crippen LogP contribution is 2.39. The Labute approximate surface area is 230 Å². The van der Waals surface area contributed by atoms with Crippen LogP contribution in [-0.4, -0.2) is 60.7 Å². The van der Waals surface area contributed by atoms with Gasteiger partial charge in [-0.2, -0.15) is 31.3 Å². The molecule has 6 nitrogen and oxygen atoms in total. The Hall–Kier alpha value is -3.45. The van der Waals surface area contributed by atoms with Crippen LogP contribution in [0.25, 0.3) is 6.08 Å². The van der Waals surface area contributed by atoms with E-state index in [9.17, 15) is 31.1 Å². The lowest BCUT2D eigenvalue weighted by molar-refractivity contribution is -0.143. The van der Waals surface area contributed by atoms with Crippen molar-refractivity contribution < 1.29 is 40.6 Å². The minimum atomic E-state index is -5.01. The maximum atomic E-state index is 13.5. The summed E-state index contributed by atoms with van der Waals surface area (Å²) in [7, 11) is 1.33. The summed E-state index contributed by atoms with van der Waals surface area (Å²) in [6.45, 7) is 7.02. The number of nitrogens with zero attached hydrogens (tertiary/aromatic N) is 3. The Morgan fingerprint density at radius 2 is 1.73 bits per heavy atom. The second-order valence-electron chi connectivity index (χ2n) is 8.95. The van der Waals surface area contributed by atoms with Gasteiger partial charge < -0.3 is 14.4 Å². The molecule has 4 rings (SSSR count). The first kappa shape index (κ1) is 29.5. The maximum absolute atomic E-state index is 13.5. The van der Waals surface area contributed by atoms with Crippen molar-refractivity contribution in [3.8, 4) is 11.5 Å². The summed E-state index contributed by atoms with van der Waals surface area (Å²) < 4.78 is 90.0. The highest BCUT2D eigenvalue weighted by molar-refractivity contribution is 8.18. The number of carbonyl (C=O) groups is 1. The Kier molecular flexibility index (Phi) is 8.83. The number of methoxy groups -OCH3 is 1. The minimum Gasteiger partial charge on any atom is -0.493 e. The number of thioether (sulfide) groups is 1. The molecule has 2 aliphatic rings. The standard InChI is InChI=1S/C27H25F6N3O3S/c1-3-8-35-9-11-36(12-10-35)25-34-24(37)23(40-25)14-17-4-7-21(22(13-17)38-2)39-16-18-5-6-19(26(28,29)30)15-20(18)27(31,32)33/h3-7,13-15H,1,8-12,16H2,2H3. The predicted octanol–water partition coefficient (Wildman–Crippen LogP) is 6.09. The number of rotatable bonds is 7. The van der Waals surface area contributed by atoms with E-state index in [0.29, 0.717) is 21.7 Å². The van der Waals surface area contributed by atoms with Crippen molar-refractivity contribution in [3.05, 3.63) is 76.2 Å². The summed E-state index contributed by atoms with van der Waals surface area (Å²) in [4.78, 5) is 21.4. The molecule has 0 bridgehead atoms. The van der Waals surface area contributed by atoms with Crippen molar-refractivity contribution >= 4 is 28.9 Å². The highest BCUT2D eigenvalue weighted by Gasteiger charge is 2.38. The van der Waals surface area contributed by atoms with Gasteiger partial charge in [-0.3, -0.25) is 9.69 Å². The van der Waals surface area contributed by atoms with Gasteiger partial charge in [-0.1, -0.05) is 18.2 Å². The molecule has 13 heteroatoms. The van der Waals surface area contributed by atoms with Crippen molar-refractivity contribution in [2.75, 3.05) is 39.8 Å². The van der Waals surface area contributed by atoms with Crippen LogP contribution in [0.15, 0.2) is 59.0 Å². The molecule has 0 atom stereocenters. The van der Waals surface area contributed by atoms with E-state index in [2.05, 4.69) is 21.4 Å². The fourth-order valence-electron chi connectivity index (χ4n) is 4.18. The SMILES string of the molecule is C=CCN1CCN(C2=NC(=O)C(=Cc3ccc(OCc4ccc(C(F)(F)F)cc4C(F)(F)F)c(OC)c3)S2)CC1. The fourth-order valence-corrected chi connectivity index (χ4v) is 5.15. The average Bonchev–Trinajstić information content (AvgIpc) is 3.27. The summed E-state index contributed by atoms with van der Waals surface area (Å²) in [6, 6.07) is 5.97. The average molecular weight is 586 g/mol. The number of benzene rings is 2. The molecule has 0 aromatic heterocycles. The van der Waals surface area contributed by atoms with Crippen molar-refractivity contribution in [1.82, 2.24) is 9.80 Å². The van der Waals surface area contributed by atoms with Gasteiger partial charge in [-0.15, -0.1) is 6.58 Å². The summed E-state index contributed by atoms with van der Waals surface area (Å²) in [5.41, 5.74) is -2.73. The largest absolute Gasteiger partial charge is 0.493 e. The molecule has 214 valence electrons. The minimum absolute atomic E-state index is 0.0685. The van der Waals surface area contributed by atoms with Gasteiger partial charge >= 0.3 is 12.4 Å². The Balaban J connectivity index is 1.46. The topological polar surface area (TPSA) is 54.4 Å². The Bertz CT molecular complexity index is 1330. The third kappa shape index (κ3) is 7.00. The molecule has 0 N–H and O–H groups in total. The van der Waals surface area contributed by atoms with E-state index in [1.807, 2.05) is 6.08 Å². The molecule has 2 heterocycles. The van der Waals surface area contributed by atoms with E-state index < -0.39 is 35.6 Å². The van der Waals surface area contributed by atoms with Gasteiger partial charge in [0.25, 0.3) is 5.91 Å². The summed E-state index contributed by atoms with van der Waals surface area (Å²) in [6.07, 6.45) is -6.45. The zero-order valence-electron chi connectivity index (χ0n) is 21.3. The number of amidine groups is 1. The van der Waals surface area contributed by atoms with Crippen LogP contribution in [0.3, 0.4) is 0 Å². The number of halogens is 6. The van der Waals surface area contributed by atoms with Crippen molar-refractivity contribution in [2.45, 2.75) is 19.0 Å². The monoisotopic (exact) mass is 585 g/mol. The molecule has 2 aromatic rings. The number of carbonyl (C=O) groups excluding carboxylic acids is 1. The van der Waals surface area contributed by atoms with Crippen LogP contribution in [0.2, 0.25) is 0 Å². The van der Waals surface area contributed by atoms with Crippen LogP contribution in [0, 0.1) is 0 Å². The van der Waals surface area contributed by atoms with Crippen LogP contribution in [-0.2, 0) is 23.8 Å². The van der Waals surface area contributed by atoms with E-state index in [0.717, 1.165) is 38.8 Å². The van der Waals surface area contributed by atoms with Gasteiger partial charge in [0.15, 0.2) is 16.7 Å². The number of hydrogen-bond donors (Lipinski definition) is 0. The first-order valence-electron chi connectivity index (χ1n) is 12.1. The second-order valence-corrected chi connectivity index (χ2v) is 9.96. The summed E-state index contributed by atoms with van der Waals surface area (Å²) >= 11 is 1.26. The molecule has 0 spiro atoms. The number of piperazine rings is 1.